The number of halogens is 1. The molecule has 1 atom stereocenters. The summed E-state index contributed by atoms with van der Waals surface area (Å²) in [5.74, 6) is 0. The molecule has 0 saturated carbocycles. The van der Waals surface area contributed by atoms with Gasteiger partial charge in [0.2, 0.25) is 0 Å². The Balaban J connectivity index is 0.00000162. The van der Waals surface area contributed by atoms with E-state index in [2.05, 4.69) is 36.5 Å². The van der Waals surface area contributed by atoms with Crippen molar-refractivity contribution in [3.63, 3.8) is 0 Å². The van der Waals surface area contributed by atoms with Crippen LogP contribution in [0.1, 0.15) is 37.3 Å². The van der Waals surface area contributed by atoms with Crippen molar-refractivity contribution in [1.82, 2.24) is 5.32 Å². The van der Waals surface area contributed by atoms with Crippen molar-refractivity contribution < 1.29 is 4.74 Å². The lowest BCUT2D eigenvalue weighted by Crippen LogP contribution is -2.16. The van der Waals surface area contributed by atoms with E-state index in [9.17, 15) is 0 Å². The van der Waals surface area contributed by atoms with Crippen molar-refractivity contribution in [3.8, 4) is 0 Å². The average Bonchev–Trinajstić information content (AvgIpc) is 2.88. The average molecular weight is 270 g/mol. The largest absolute Gasteiger partial charge is 0.372 e. The Morgan fingerprint density at radius 2 is 1.94 bits per heavy atom. The first kappa shape index (κ1) is 15.5. The highest BCUT2D eigenvalue weighted by Crippen LogP contribution is 2.11. The Morgan fingerprint density at radius 1 is 1.22 bits per heavy atom. The molecule has 0 aliphatic carbocycles. The molecule has 1 saturated heterocycles. The highest BCUT2D eigenvalue weighted by molar-refractivity contribution is 5.85. The van der Waals surface area contributed by atoms with E-state index in [0.29, 0.717) is 6.10 Å². The minimum atomic E-state index is 0. The summed E-state index contributed by atoms with van der Waals surface area (Å²) in [5.41, 5.74) is 2.73. The molecule has 1 fully saturated rings. The molecule has 1 aromatic rings. The van der Waals surface area contributed by atoms with Gasteiger partial charge in [0.05, 0.1) is 12.7 Å². The maximum absolute atomic E-state index is 5.85. The number of ether oxygens (including phenoxy) is 1. The molecule has 1 heterocycles. The van der Waals surface area contributed by atoms with Crippen molar-refractivity contribution >= 4 is 12.4 Å². The fourth-order valence-electron chi connectivity index (χ4n) is 2.17. The third kappa shape index (κ3) is 4.97. The second kappa shape index (κ2) is 8.52. The third-order valence-electron chi connectivity index (χ3n) is 3.34. The molecule has 1 aliphatic rings. The van der Waals surface area contributed by atoms with Gasteiger partial charge in [0.1, 0.15) is 0 Å². The molecule has 1 aliphatic heterocycles. The van der Waals surface area contributed by atoms with Gasteiger partial charge in [-0.15, -0.1) is 12.4 Å². The molecular formula is C15H24ClNO. The molecule has 0 bridgehead atoms. The number of hydrogen-bond acceptors (Lipinski definition) is 2. The Labute approximate surface area is 117 Å². The first-order valence-electron chi connectivity index (χ1n) is 6.78. The van der Waals surface area contributed by atoms with Crippen LogP contribution >= 0.6 is 12.4 Å². The Kier molecular flexibility index (Phi) is 7.33. The molecule has 1 aromatic carbocycles. The summed E-state index contributed by atoms with van der Waals surface area (Å²) >= 11 is 0. The van der Waals surface area contributed by atoms with E-state index in [0.717, 1.165) is 26.1 Å². The molecule has 0 amide bonds. The number of unbranched alkanes of at least 4 members (excludes halogenated alkanes) is 1. The van der Waals surface area contributed by atoms with Gasteiger partial charge < -0.3 is 10.1 Å². The van der Waals surface area contributed by atoms with Crippen LogP contribution in [0.2, 0.25) is 0 Å². The molecule has 18 heavy (non-hydrogen) atoms. The normalized spacial score (nSPS) is 18.6. The highest BCUT2D eigenvalue weighted by atomic mass is 35.5. The predicted octanol–water partition coefficient (Wildman–Crippen LogP) is 3.33. The lowest BCUT2D eigenvalue weighted by Gasteiger charge is -2.10. The van der Waals surface area contributed by atoms with E-state index in [1.807, 2.05) is 0 Å². The summed E-state index contributed by atoms with van der Waals surface area (Å²) < 4.78 is 5.85. The van der Waals surface area contributed by atoms with Gasteiger partial charge in [-0.1, -0.05) is 37.6 Å². The highest BCUT2D eigenvalue weighted by Gasteiger charge is 2.14. The molecule has 0 unspecified atom stereocenters. The molecular weight excluding hydrogens is 246 g/mol. The zero-order chi connectivity index (χ0) is 11.9. The summed E-state index contributed by atoms with van der Waals surface area (Å²) in [6.45, 7) is 5.09. The van der Waals surface area contributed by atoms with Crippen LogP contribution in [0, 0.1) is 0 Å². The number of benzene rings is 1. The lowest BCUT2D eigenvalue weighted by atomic mass is 10.1. The monoisotopic (exact) mass is 269 g/mol. The van der Waals surface area contributed by atoms with Gasteiger partial charge in [-0.3, -0.25) is 0 Å². The summed E-state index contributed by atoms with van der Waals surface area (Å²) in [4.78, 5) is 0. The maximum Gasteiger partial charge on any atom is 0.0721 e. The summed E-state index contributed by atoms with van der Waals surface area (Å²) in [5, 5.41) is 3.32. The van der Waals surface area contributed by atoms with Gasteiger partial charge in [0.25, 0.3) is 0 Å². The van der Waals surface area contributed by atoms with Crippen molar-refractivity contribution in [2.45, 2.75) is 45.3 Å². The molecule has 102 valence electrons. The Bertz CT molecular complexity index is 320. The molecule has 2 nitrogen and oxygen atoms in total. The van der Waals surface area contributed by atoms with E-state index in [1.165, 1.54) is 30.4 Å². The predicted molar refractivity (Wildman–Crippen MR) is 78.4 cm³/mol. The van der Waals surface area contributed by atoms with E-state index < -0.39 is 0 Å². The summed E-state index contributed by atoms with van der Waals surface area (Å²) in [6.07, 6.45) is 5.30. The first-order valence-corrected chi connectivity index (χ1v) is 6.78. The van der Waals surface area contributed by atoms with Crippen molar-refractivity contribution in [1.29, 1.82) is 0 Å². The van der Waals surface area contributed by atoms with Crippen LogP contribution in [0.4, 0.5) is 0 Å². The lowest BCUT2D eigenvalue weighted by molar-refractivity contribution is 0.0542. The van der Waals surface area contributed by atoms with Crippen LogP contribution in [0.3, 0.4) is 0 Å². The van der Waals surface area contributed by atoms with Crippen molar-refractivity contribution in [2.75, 3.05) is 13.1 Å². The molecule has 3 heteroatoms. The molecule has 0 aromatic heterocycles. The van der Waals surface area contributed by atoms with Gasteiger partial charge in [0, 0.05) is 6.54 Å². The van der Waals surface area contributed by atoms with E-state index in [-0.39, 0.29) is 12.4 Å². The fraction of sp³-hybridized carbons (Fsp3) is 0.600. The van der Waals surface area contributed by atoms with Gasteiger partial charge >= 0.3 is 0 Å². The second-order valence-electron chi connectivity index (χ2n) is 4.85. The van der Waals surface area contributed by atoms with E-state index >= 15 is 0 Å². The quantitative estimate of drug-likeness (QED) is 0.855. The SMILES string of the molecule is CCCCc1ccc(CO[C@H]2CCNC2)cc1.Cl. The minimum Gasteiger partial charge on any atom is -0.372 e. The van der Waals surface area contributed by atoms with Crippen LogP contribution in [0.5, 0.6) is 0 Å². The summed E-state index contributed by atoms with van der Waals surface area (Å²) in [7, 11) is 0. The standard InChI is InChI=1S/C15H23NO.ClH/c1-2-3-4-13-5-7-14(8-6-13)12-17-15-9-10-16-11-15;/h5-8,15-16H,2-4,9-12H2,1H3;1H/t15-;/m0./s1. The van der Waals surface area contributed by atoms with Gasteiger partial charge in [-0.05, 0) is 36.9 Å². The number of aryl methyl sites for hydroxylation is 1. The molecule has 1 N–H and O–H groups in total. The van der Waals surface area contributed by atoms with Crippen molar-refractivity contribution in [3.05, 3.63) is 35.4 Å². The number of hydrogen-bond donors (Lipinski definition) is 1. The van der Waals surface area contributed by atoms with Crippen LogP contribution in [0.25, 0.3) is 0 Å². The van der Waals surface area contributed by atoms with Gasteiger partial charge in [-0.25, -0.2) is 0 Å². The fourth-order valence-corrected chi connectivity index (χ4v) is 2.17. The van der Waals surface area contributed by atoms with Gasteiger partial charge in [0.15, 0.2) is 0 Å². The molecule has 2 rings (SSSR count). The van der Waals surface area contributed by atoms with Crippen LogP contribution in [0.15, 0.2) is 24.3 Å². The third-order valence-corrected chi connectivity index (χ3v) is 3.34. The van der Waals surface area contributed by atoms with Crippen LogP contribution in [-0.2, 0) is 17.8 Å². The first-order chi connectivity index (χ1) is 8.38. The van der Waals surface area contributed by atoms with Crippen LogP contribution < -0.4 is 5.32 Å². The van der Waals surface area contributed by atoms with Crippen LogP contribution in [-0.4, -0.2) is 19.2 Å². The van der Waals surface area contributed by atoms with E-state index in [4.69, 9.17) is 4.74 Å². The topological polar surface area (TPSA) is 21.3 Å². The molecule has 0 spiro atoms. The zero-order valence-electron chi connectivity index (χ0n) is 11.2. The minimum absolute atomic E-state index is 0. The smallest absolute Gasteiger partial charge is 0.0721 e. The zero-order valence-corrected chi connectivity index (χ0v) is 12.0. The number of nitrogens with one attached hydrogen (secondary N) is 1. The Hall–Kier alpha value is -0.570. The second-order valence-corrected chi connectivity index (χ2v) is 4.85. The van der Waals surface area contributed by atoms with E-state index in [1.54, 1.807) is 0 Å². The Morgan fingerprint density at radius 3 is 2.56 bits per heavy atom. The number of rotatable bonds is 6. The van der Waals surface area contributed by atoms with Crippen molar-refractivity contribution in [2.24, 2.45) is 0 Å². The summed E-state index contributed by atoms with van der Waals surface area (Å²) in [6, 6.07) is 8.88. The maximum atomic E-state index is 5.85. The molecule has 0 radical (unpaired) electrons. The van der Waals surface area contributed by atoms with Gasteiger partial charge in [-0.2, -0.15) is 0 Å².